The average molecular weight is 419 g/mol. The first-order chi connectivity index (χ1) is 14.1. The van der Waals surface area contributed by atoms with E-state index in [0.29, 0.717) is 37.8 Å². The van der Waals surface area contributed by atoms with Crippen molar-refractivity contribution in [3.8, 4) is 11.5 Å². The van der Waals surface area contributed by atoms with E-state index in [9.17, 15) is 8.42 Å². The Morgan fingerprint density at radius 1 is 0.931 bits per heavy atom. The van der Waals surface area contributed by atoms with Crippen molar-refractivity contribution >= 4 is 10.0 Å². The van der Waals surface area contributed by atoms with Crippen molar-refractivity contribution in [2.24, 2.45) is 0 Å². The van der Waals surface area contributed by atoms with E-state index < -0.39 is 10.0 Å². The monoisotopic (exact) mass is 418 g/mol. The predicted molar refractivity (Wildman–Crippen MR) is 106 cm³/mol. The zero-order chi connectivity index (χ0) is 19.8. The lowest BCUT2D eigenvalue weighted by Gasteiger charge is -2.31. The van der Waals surface area contributed by atoms with Crippen molar-refractivity contribution in [3.05, 3.63) is 29.8 Å². The normalized spacial score (nSPS) is 20.8. The zero-order valence-corrected chi connectivity index (χ0v) is 17.2. The molecule has 0 N–H and O–H groups in total. The lowest BCUT2D eigenvalue weighted by molar-refractivity contribution is 0.171. The Morgan fingerprint density at radius 3 is 2.55 bits per heavy atom. The van der Waals surface area contributed by atoms with Crippen molar-refractivity contribution in [3.63, 3.8) is 0 Å². The van der Waals surface area contributed by atoms with Gasteiger partial charge in [-0.2, -0.15) is 4.31 Å². The van der Waals surface area contributed by atoms with Gasteiger partial charge in [0.25, 0.3) is 0 Å². The third-order valence-electron chi connectivity index (χ3n) is 6.11. The molecule has 0 unspecified atom stereocenters. The number of benzene rings is 1. The lowest BCUT2D eigenvalue weighted by Crippen LogP contribution is -2.38. The molecule has 1 saturated heterocycles. The SMILES string of the molecule is O=S(=O)(c1ccc2c(c1)OCCO2)N1CCC(c2nnc3n2CCCCC3)CC1. The Bertz CT molecular complexity index is 996. The van der Waals surface area contributed by atoms with Crippen molar-refractivity contribution in [1.82, 2.24) is 19.1 Å². The summed E-state index contributed by atoms with van der Waals surface area (Å²) < 4.78 is 41.2. The zero-order valence-electron chi connectivity index (χ0n) is 16.4. The van der Waals surface area contributed by atoms with Crippen LogP contribution in [0.3, 0.4) is 0 Å². The van der Waals surface area contributed by atoms with E-state index in [-0.39, 0.29) is 10.8 Å². The first-order valence-electron chi connectivity index (χ1n) is 10.4. The highest BCUT2D eigenvalue weighted by atomic mass is 32.2. The number of rotatable bonds is 3. The van der Waals surface area contributed by atoms with Gasteiger partial charge in [-0.3, -0.25) is 0 Å². The second kappa shape index (κ2) is 7.60. The van der Waals surface area contributed by atoms with Crippen molar-refractivity contribution in [2.75, 3.05) is 26.3 Å². The highest BCUT2D eigenvalue weighted by Gasteiger charge is 2.33. The summed E-state index contributed by atoms with van der Waals surface area (Å²) in [5.41, 5.74) is 0. The maximum absolute atomic E-state index is 13.1. The van der Waals surface area contributed by atoms with E-state index in [1.54, 1.807) is 22.5 Å². The average Bonchev–Trinajstić information content (AvgIpc) is 3.01. The fourth-order valence-corrected chi connectivity index (χ4v) is 5.98. The van der Waals surface area contributed by atoms with Gasteiger partial charge in [-0.05, 0) is 37.8 Å². The number of piperidine rings is 1. The molecule has 3 aliphatic heterocycles. The number of aryl methyl sites for hydroxylation is 1. The topological polar surface area (TPSA) is 86.6 Å². The molecule has 0 bridgehead atoms. The number of hydrogen-bond acceptors (Lipinski definition) is 6. The van der Waals surface area contributed by atoms with Gasteiger partial charge >= 0.3 is 0 Å². The van der Waals surface area contributed by atoms with Crippen LogP contribution in [0.5, 0.6) is 11.5 Å². The molecule has 156 valence electrons. The molecule has 5 rings (SSSR count). The number of nitrogens with zero attached hydrogens (tertiary/aromatic N) is 4. The van der Waals surface area contributed by atoms with Crippen LogP contribution in [0.15, 0.2) is 23.1 Å². The van der Waals surface area contributed by atoms with Gasteiger partial charge in [0.2, 0.25) is 10.0 Å². The molecule has 3 aliphatic rings. The molecule has 8 nitrogen and oxygen atoms in total. The maximum atomic E-state index is 13.1. The molecule has 4 heterocycles. The number of fused-ring (bicyclic) bond motifs is 2. The summed E-state index contributed by atoms with van der Waals surface area (Å²) in [6, 6.07) is 4.86. The van der Waals surface area contributed by atoms with Gasteiger partial charge in [0.15, 0.2) is 11.5 Å². The van der Waals surface area contributed by atoms with E-state index in [0.717, 1.165) is 43.9 Å². The van der Waals surface area contributed by atoms with Gasteiger partial charge in [-0.25, -0.2) is 8.42 Å². The van der Waals surface area contributed by atoms with Gasteiger partial charge in [0.1, 0.15) is 24.9 Å². The molecule has 0 radical (unpaired) electrons. The highest BCUT2D eigenvalue weighted by molar-refractivity contribution is 7.89. The van der Waals surface area contributed by atoms with Crippen molar-refractivity contribution in [1.29, 1.82) is 0 Å². The Morgan fingerprint density at radius 2 is 1.72 bits per heavy atom. The van der Waals surface area contributed by atoms with Crippen LogP contribution in [0.1, 0.15) is 49.7 Å². The molecule has 0 spiro atoms. The quantitative estimate of drug-likeness (QED) is 0.761. The minimum Gasteiger partial charge on any atom is -0.486 e. The molecule has 0 amide bonds. The van der Waals surface area contributed by atoms with Crippen LogP contribution >= 0.6 is 0 Å². The molecular formula is C20H26N4O4S. The molecule has 9 heteroatoms. The largest absolute Gasteiger partial charge is 0.486 e. The Labute approximate surface area is 170 Å². The minimum atomic E-state index is -3.56. The van der Waals surface area contributed by atoms with Crippen LogP contribution in [0.25, 0.3) is 0 Å². The minimum absolute atomic E-state index is 0.261. The fraction of sp³-hybridized carbons (Fsp3) is 0.600. The van der Waals surface area contributed by atoms with Gasteiger partial charge in [-0.1, -0.05) is 6.42 Å². The van der Waals surface area contributed by atoms with Crippen LogP contribution in [0.4, 0.5) is 0 Å². The molecule has 1 fully saturated rings. The van der Waals surface area contributed by atoms with Crippen molar-refractivity contribution < 1.29 is 17.9 Å². The number of aromatic nitrogens is 3. The van der Waals surface area contributed by atoms with Gasteiger partial charge < -0.3 is 14.0 Å². The standard InChI is InChI=1S/C20H26N4O4S/c25-29(26,16-5-6-17-18(14-16)28-13-12-27-17)23-10-7-15(8-11-23)20-22-21-19-4-2-1-3-9-24(19)20/h5-6,14-15H,1-4,7-13H2. The van der Waals surface area contributed by atoms with E-state index in [1.807, 2.05) is 0 Å². The summed E-state index contributed by atoms with van der Waals surface area (Å²) in [5.74, 6) is 3.49. The third kappa shape index (κ3) is 3.50. The lowest BCUT2D eigenvalue weighted by atomic mass is 9.97. The predicted octanol–water partition coefficient (Wildman–Crippen LogP) is 2.34. The Hall–Kier alpha value is -2.13. The smallest absolute Gasteiger partial charge is 0.243 e. The number of ether oxygens (including phenoxy) is 2. The maximum Gasteiger partial charge on any atom is 0.243 e. The van der Waals surface area contributed by atoms with Crippen LogP contribution in [0, 0.1) is 0 Å². The molecule has 0 saturated carbocycles. The fourth-order valence-electron chi connectivity index (χ4n) is 4.50. The number of sulfonamides is 1. The van der Waals surface area contributed by atoms with Crippen LogP contribution in [-0.2, 0) is 23.0 Å². The molecule has 0 aliphatic carbocycles. The highest BCUT2D eigenvalue weighted by Crippen LogP contribution is 2.35. The Kier molecular flexibility index (Phi) is 4.95. The van der Waals surface area contributed by atoms with Crippen LogP contribution in [-0.4, -0.2) is 53.8 Å². The van der Waals surface area contributed by atoms with Gasteiger partial charge in [-0.15, -0.1) is 10.2 Å². The second-order valence-corrected chi connectivity index (χ2v) is 9.86. The second-order valence-electron chi connectivity index (χ2n) is 7.92. The molecule has 1 aromatic heterocycles. The van der Waals surface area contributed by atoms with Crippen LogP contribution < -0.4 is 9.47 Å². The molecule has 1 aromatic carbocycles. The first-order valence-corrected chi connectivity index (χ1v) is 11.9. The van der Waals surface area contributed by atoms with E-state index in [1.165, 1.54) is 12.8 Å². The first kappa shape index (κ1) is 18.9. The molecular weight excluding hydrogens is 392 g/mol. The Balaban J connectivity index is 1.31. The summed E-state index contributed by atoms with van der Waals surface area (Å²) in [6.07, 6.45) is 6.09. The third-order valence-corrected chi connectivity index (χ3v) is 8.00. The van der Waals surface area contributed by atoms with Crippen LogP contribution in [0.2, 0.25) is 0 Å². The van der Waals surface area contributed by atoms with E-state index >= 15 is 0 Å². The van der Waals surface area contributed by atoms with Gasteiger partial charge in [0, 0.05) is 38.0 Å². The van der Waals surface area contributed by atoms with Gasteiger partial charge in [0.05, 0.1) is 4.90 Å². The molecule has 2 aromatic rings. The summed E-state index contributed by atoms with van der Waals surface area (Å²) in [6.45, 7) is 2.88. The van der Waals surface area contributed by atoms with E-state index in [2.05, 4.69) is 14.8 Å². The summed E-state index contributed by atoms with van der Waals surface area (Å²) in [5, 5.41) is 8.87. The number of hydrogen-bond donors (Lipinski definition) is 0. The van der Waals surface area contributed by atoms with E-state index in [4.69, 9.17) is 9.47 Å². The molecule has 29 heavy (non-hydrogen) atoms. The summed E-state index contributed by atoms with van der Waals surface area (Å²) >= 11 is 0. The molecule has 0 atom stereocenters. The van der Waals surface area contributed by atoms with Crippen molar-refractivity contribution in [2.45, 2.75) is 55.9 Å². The summed E-state index contributed by atoms with van der Waals surface area (Å²) in [7, 11) is -3.56. The summed E-state index contributed by atoms with van der Waals surface area (Å²) in [4.78, 5) is 0.261.